The molecule has 5 rings (SSSR count). The first-order chi connectivity index (χ1) is 18.0. The first-order valence-electron chi connectivity index (χ1n) is 13.3. The number of fused-ring (bicyclic) bond motifs is 1. The highest BCUT2D eigenvalue weighted by Gasteiger charge is 2.25. The molecule has 0 radical (unpaired) electrons. The number of aryl methyl sites for hydroxylation is 1. The van der Waals surface area contributed by atoms with Gasteiger partial charge in [-0.1, -0.05) is 42.5 Å². The SMILES string of the molecule is CN(C)c1nc(NC2CCC(NC(=O)c3cccc(C(=O)c4ccccc4)c3)CC2)nc2c1CCCC2. The molecular formula is C30H35N5O2. The molecule has 1 aromatic heterocycles. The Morgan fingerprint density at radius 1 is 0.811 bits per heavy atom. The third-order valence-electron chi connectivity index (χ3n) is 7.40. The number of ketones is 1. The number of aromatic nitrogens is 2. The van der Waals surface area contributed by atoms with Crippen LogP contribution in [0.3, 0.4) is 0 Å². The van der Waals surface area contributed by atoms with Gasteiger partial charge in [-0.3, -0.25) is 9.59 Å². The van der Waals surface area contributed by atoms with Crippen molar-refractivity contribution in [3.05, 3.63) is 82.5 Å². The third-order valence-corrected chi connectivity index (χ3v) is 7.40. The zero-order valence-corrected chi connectivity index (χ0v) is 21.7. The molecule has 2 N–H and O–H groups in total. The molecule has 3 aromatic rings. The van der Waals surface area contributed by atoms with Crippen LogP contribution in [-0.2, 0) is 12.8 Å². The standard InChI is InChI=1S/C30H35N5O2/c1-35(2)28-25-13-6-7-14-26(25)33-30(34-28)32-24-17-15-23(16-18-24)31-29(37)22-12-8-11-21(19-22)27(36)20-9-4-3-5-10-20/h3-5,8-12,19,23-24H,6-7,13-18H2,1-2H3,(H,31,37)(H,32,33,34). The van der Waals surface area contributed by atoms with E-state index in [1.807, 2.05) is 32.3 Å². The normalized spacial score (nSPS) is 19.0. The van der Waals surface area contributed by atoms with E-state index in [0.717, 1.165) is 50.3 Å². The molecular weight excluding hydrogens is 462 g/mol. The van der Waals surface area contributed by atoms with Gasteiger partial charge in [-0.2, -0.15) is 4.98 Å². The summed E-state index contributed by atoms with van der Waals surface area (Å²) in [7, 11) is 4.09. The average Bonchev–Trinajstić information content (AvgIpc) is 2.93. The van der Waals surface area contributed by atoms with Crippen LogP contribution in [-0.4, -0.2) is 47.8 Å². The van der Waals surface area contributed by atoms with Gasteiger partial charge >= 0.3 is 0 Å². The second-order valence-electron chi connectivity index (χ2n) is 10.3. The summed E-state index contributed by atoms with van der Waals surface area (Å²) in [4.78, 5) is 37.5. The van der Waals surface area contributed by atoms with E-state index in [4.69, 9.17) is 9.97 Å². The minimum absolute atomic E-state index is 0.0800. The number of amides is 1. The van der Waals surface area contributed by atoms with Crippen LogP contribution in [0.2, 0.25) is 0 Å². The van der Waals surface area contributed by atoms with Crippen LogP contribution < -0.4 is 15.5 Å². The topological polar surface area (TPSA) is 87.2 Å². The molecule has 0 saturated heterocycles. The zero-order valence-electron chi connectivity index (χ0n) is 21.7. The molecule has 192 valence electrons. The predicted octanol–water partition coefficient (Wildman–Crippen LogP) is 4.81. The van der Waals surface area contributed by atoms with Gasteiger partial charge in [-0.15, -0.1) is 0 Å². The van der Waals surface area contributed by atoms with E-state index in [0.29, 0.717) is 16.7 Å². The molecule has 7 nitrogen and oxygen atoms in total. The summed E-state index contributed by atoms with van der Waals surface area (Å²) in [6.07, 6.45) is 8.11. The quantitative estimate of drug-likeness (QED) is 0.456. The fraction of sp³-hybridized carbons (Fsp3) is 0.400. The summed E-state index contributed by atoms with van der Waals surface area (Å²) in [5.41, 5.74) is 4.13. The third kappa shape index (κ3) is 5.82. The highest BCUT2D eigenvalue weighted by Crippen LogP contribution is 2.29. The summed E-state index contributed by atoms with van der Waals surface area (Å²) >= 11 is 0. The lowest BCUT2D eigenvalue weighted by Gasteiger charge is -2.30. The van der Waals surface area contributed by atoms with Gasteiger partial charge in [0.05, 0.1) is 5.69 Å². The molecule has 37 heavy (non-hydrogen) atoms. The summed E-state index contributed by atoms with van der Waals surface area (Å²) in [5, 5.41) is 6.74. The first-order valence-corrected chi connectivity index (χ1v) is 13.3. The van der Waals surface area contributed by atoms with Crippen molar-refractivity contribution in [1.82, 2.24) is 15.3 Å². The van der Waals surface area contributed by atoms with Gasteiger partial charge in [0.15, 0.2) is 5.78 Å². The molecule has 2 aliphatic carbocycles. The molecule has 0 bridgehead atoms. The molecule has 1 fully saturated rings. The molecule has 7 heteroatoms. The number of anilines is 2. The van der Waals surface area contributed by atoms with Crippen molar-refractivity contribution in [3.8, 4) is 0 Å². The van der Waals surface area contributed by atoms with Crippen molar-refractivity contribution in [1.29, 1.82) is 0 Å². The van der Waals surface area contributed by atoms with Crippen LogP contribution in [0, 0.1) is 0 Å². The summed E-state index contributed by atoms with van der Waals surface area (Å²) < 4.78 is 0. The molecule has 1 amide bonds. The first kappa shape index (κ1) is 24.9. The van der Waals surface area contributed by atoms with Crippen LogP contribution in [0.15, 0.2) is 54.6 Å². The van der Waals surface area contributed by atoms with Crippen LogP contribution in [0.4, 0.5) is 11.8 Å². The number of hydrogen-bond acceptors (Lipinski definition) is 6. The van der Waals surface area contributed by atoms with E-state index < -0.39 is 0 Å². The lowest BCUT2D eigenvalue weighted by Crippen LogP contribution is -2.40. The lowest BCUT2D eigenvalue weighted by atomic mass is 9.91. The Kier molecular flexibility index (Phi) is 7.49. The van der Waals surface area contributed by atoms with Crippen molar-refractivity contribution in [3.63, 3.8) is 0 Å². The number of rotatable bonds is 7. The Morgan fingerprint density at radius 3 is 2.24 bits per heavy atom. The number of nitrogens with zero attached hydrogens (tertiary/aromatic N) is 3. The highest BCUT2D eigenvalue weighted by atomic mass is 16.1. The van der Waals surface area contributed by atoms with Crippen LogP contribution >= 0.6 is 0 Å². The number of hydrogen-bond donors (Lipinski definition) is 2. The van der Waals surface area contributed by atoms with Crippen LogP contribution in [0.25, 0.3) is 0 Å². The second-order valence-corrected chi connectivity index (χ2v) is 10.3. The Morgan fingerprint density at radius 2 is 1.49 bits per heavy atom. The van der Waals surface area contributed by atoms with Crippen molar-refractivity contribution >= 4 is 23.5 Å². The van der Waals surface area contributed by atoms with Gasteiger partial charge in [0.2, 0.25) is 5.95 Å². The second kappa shape index (κ2) is 11.1. The van der Waals surface area contributed by atoms with E-state index in [-0.39, 0.29) is 23.8 Å². The maximum atomic E-state index is 13.0. The molecule has 1 saturated carbocycles. The van der Waals surface area contributed by atoms with Gasteiger partial charge in [0.25, 0.3) is 5.91 Å². The summed E-state index contributed by atoms with van der Waals surface area (Å²) in [6.45, 7) is 0. The monoisotopic (exact) mass is 497 g/mol. The number of benzene rings is 2. The number of nitrogens with one attached hydrogen (secondary N) is 2. The highest BCUT2D eigenvalue weighted by molar-refractivity contribution is 6.10. The molecule has 0 aliphatic heterocycles. The van der Waals surface area contributed by atoms with Crippen molar-refractivity contribution < 1.29 is 9.59 Å². The Balaban J connectivity index is 1.17. The lowest BCUT2D eigenvalue weighted by molar-refractivity contribution is 0.0926. The van der Waals surface area contributed by atoms with Gasteiger partial charge in [-0.25, -0.2) is 4.98 Å². The Bertz CT molecular complexity index is 1270. The van der Waals surface area contributed by atoms with Crippen molar-refractivity contribution in [2.24, 2.45) is 0 Å². The molecule has 2 aromatic carbocycles. The predicted molar refractivity (Wildman–Crippen MR) is 146 cm³/mol. The van der Waals surface area contributed by atoms with Gasteiger partial charge in [0.1, 0.15) is 5.82 Å². The Labute approximate surface area is 218 Å². The van der Waals surface area contributed by atoms with Crippen molar-refractivity contribution in [2.45, 2.75) is 63.5 Å². The molecule has 1 heterocycles. The van der Waals surface area contributed by atoms with E-state index in [9.17, 15) is 9.59 Å². The van der Waals surface area contributed by atoms with E-state index in [1.54, 1.807) is 36.4 Å². The zero-order chi connectivity index (χ0) is 25.8. The van der Waals surface area contributed by atoms with Crippen molar-refractivity contribution in [2.75, 3.05) is 24.3 Å². The maximum Gasteiger partial charge on any atom is 0.251 e. The smallest absolute Gasteiger partial charge is 0.251 e. The molecule has 0 spiro atoms. The van der Waals surface area contributed by atoms with E-state index in [1.165, 1.54) is 24.1 Å². The minimum Gasteiger partial charge on any atom is -0.362 e. The van der Waals surface area contributed by atoms with E-state index in [2.05, 4.69) is 15.5 Å². The van der Waals surface area contributed by atoms with Gasteiger partial charge in [0, 0.05) is 48.4 Å². The summed E-state index contributed by atoms with van der Waals surface area (Å²) in [6, 6.07) is 16.5. The largest absolute Gasteiger partial charge is 0.362 e. The summed E-state index contributed by atoms with van der Waals surface area (Å²) in [5.74, 6) is 1.54. The number of carbonyl (C=O) groups is 2. The number of carbonyl (C=O) groups excluding carboxylic acids is 2. The molecule has 0 unspecified atom stereocenters. The molecule has 2 aliphatic rings. The average molecular weight is 498 g/mol. The molecule has 0 atom stereocenters. The fourth-order valence-electron chi connectivity index (χ4n) is 5.40. The van der Waals surface area contributed by atoms with Crippen LogP contribution in [0.5, 0.6) is 0 Å². The minimum atomic E-state index is -0.132. The maximum absolute atomic E-state index is 13.0. The van der Waals surface area contributed by atoms with Gasteiger partial charge in [-0.05, 0) is 63.5 Å². The van der Waals surface area contributed by atoms with Crippen LogP contribution in [0.1, 0.15) is 76.1 Å². The fourth-order valence-corrected chi connectivity index (χ4v) is 5.40. The Hall–Kier alpha value is -3.74. The van der Waals surface area contributed by atoms with Gasteiger partial charge < -0.3 is 15.5 Å². The van der Waals surface area contributed by atoms with E-state index >= 15 is 0 Å².